The van der Waals surface area contributed by atoms with Gasteiger partial charge in [-0.05, 0) is 47.0 Å². The Morgan fingerprint density at radius 2 is 1.76 bits per heavy atom. The zero-order valence-corrected chi connectivity index (χ0v) is 18.6. The van der Waals surface area contributed by atoms with Crippen molar-refractivity contribution < 1.29 is 18.8 Å². The number of carbonyl (C=O) groups is 2. The first kappa shape index (κ1) is 20.6. The van der Waals surface area contributed by atoms with Gasteiger partial charge in [0.05, 0.1) is 22.7 Å². The molecule has 0 aromatic carbocycles. The number of rotatable bonds is 3. The molecule has 1 aliphatic carbocycles. The molecule has 4 rings (SSSR count). The van der Waals surface area contributed by atoms with Gasteiger partial charge in [-0.1, -0.05) is 24.4 Å². The van der Waals surface area contributed by atoms with Crippen LogP contribution >= 0.6 is 11.8 Å². The second-order valence-corrected chi connectivity index (χ2v) is 10.7. The highest BCUT2D eigenvalue weighted by molar-refractivity contribution is 8.00. The van der Waals surface area contributed by atoms with Crippen LogP contribution in [0.4, 0.5) is 4.79 Å². The van der Waals surface area contributed by atoms with E-state index in [0.717, 1.165) is 17.0 Å². The molecule has 160 valence electrons. The number of ether oxygens (including phenoxy) is 1. The molecule has 0 radical (unpaired) electrons. The number of thioether (sulfide) groups is 1. The van der Waals surface area contributed by atoms with Crippen molar-refractivity contribution in [3.8, 4) is 0 Å². The van der Waals surface area contributed by atoms with E-state index in [9.17, 15) is 9.59 Å². The summed E-state index contributed by atoms with van der Waals surface area (Å²) in [6.45, 7) is 8.55. The molecule has 29 heavy (non-hydrogen) atoms. The van der Waals surface area contributed by atoms with Crippen LogP contribution < -0.4 is 0 Å². The fraction of sp³-hybridized carbons (Fsp3) is 0.762. The minimum Gasteiger partial charge on any atom is -0.444 e. The average Bonchev–Trinajstić information content (AvgIpc) is 3.36. The number of amides is 2. The lowest BCUT2D eigenvalue weighted by molar-refractivity contribution is 0.0121. The maximum atomic E-state index is 13.3. The number of piperazine rings is 1. The van der Waals surface area contributed by atoms with E-state index in [-0.39, 0.29) is 24.1 Å². The maximum absolute atomic E-state index is 13.3. The highest BCUT2D eigenvalue weighted by atomic mass is 32.2. The normalized spacial score (nSPS) is 25.0. The average molecular weight is 422 g/mol. The molecule has 3 fully saturated rings. The molecule has 2 atom stereocenters. The van der Waals surface area contributed by atoms with Gasteiger partial charge in [0.1, 0.15) is 5.60 Å². The summed E-state index contributed by atoms with van der Waals surface area (Å²) in [5, 5.41) is 4.63. The highest BCUT2D eigenvalue weighted by Gasteiger charge is 2.49. The van der Waals surface area contributed by atoms with Gasteiger partial charge in [-0.15, -0.1) is 11.8 Å². The minimum atomic E-state index is -0.517. The monoisotopic (exact) mass is 421 g/mol. The van der Waals surface area contributed by atoms with Crippen molar-refractivity contribution in [3.05, 3.63) is 11.5 Å². The Bertz CT molecular complexity index is 781. The van der Waals surface area contributed by atoms with Gasteiger partial charge in [-0.3, -0.25) is 4.79 Å². The highest BCUT2D eigenvalue weighted by Crippen LogP contribution is 2.39. The van der Waals surface area contributed by atoms with Gasteiger partial charge in [0.25, 0.3) is 5.91 Å². The second-order valence-electron chi connectivity index (χ2n) is 9.44. The van der Waals surface area contributed by atoms with Crippen molar-refractivity contribution in [1.29, 1.82) is 0 Å². The van der Waals surface area contributed by atoms with Gasteiger partial charge >= 0.3 is 6.09 Å². The summed E-state index contributed by atoms with van der Waals surface area (Å²) < 4.78 is 11.0. The Hall–Kier alpha value is -1.70. The van der Waals surface area contributed by atoms with E-state index in [2.05, 4.69) is 5.16 Å². The SMILES string of the molecule is Cc1noc(C(=O)N2C[C@H]3C[C@H]2CN3C(=O)OC(C)(C)C)c1SC1CCCCC1. The maximum Gasteiger partial charge on any atom is 0.410 e. The van der Waals surface area contributed by atoms with Gasteiger partial charge in [0, 0.05) is 18.3 Å². The summed E-state index contributed by atoms with van der Waals surface area (Å²) in [5.74, 6) is 0.273. The van der Waals surface area contributed by atoms with Crippen molar-refractivity contribution >= 4 is 23.8 Å². The van der Waals surface area contributed by atoms with Crippen LogP contribution in [0.15, 0.2) is 9.42 Å². The zero-order chi connectivity index (χ0) is 20.8. The minimum absolute atomic E-state index is 0.0114. The van der Waals surface area contributed by atoms with Crippen LogP contribution in [0.1, 0.15) is 75.5 Å². The van der Waals surface area contributed by atoms with Crippen LogP contribution in [-0.4, -0.2) is 63.0 Å². The second kappa shape index (κ2) is 7.85. The predicted molar refractivity (Wildman–Crippen MR) is 110 cm³/mol. The van der Waals surface area contributed by atoms with E-state index in [1.54, 1.807) is 16.7 Å². The molecule has 7 nitrogen and oxygen atoms in total. The summed E-state index contributed by atoms with van der Waals surface area (Å²) in [7, 11) is 0. The van der Waals surface area contributed by atoms with Gasteiger partial charge < -0.3 is 19.1 Å². The van der Waals surface area contributed by atoms with Crippen LogP contribution in [0.5, 0.6) is 0 Å². The molecule has 1 aromatic rings. The van der Waals surface area contributed by atoms with Gasteiger partial charge in [0.2, 0.25) is 5.76 Å². The summed E-state index contributed by atoms with van der Waals surface area (Å²) in [6.07, 6.45) is 6.68. The lowest BCUT2D eigenvalue weighted by atomic mass is 10.0. The number of fused-ring (bicyclic) bond motifs is 2. The number of aromatic nitrogens is 1. The van der Waals surface area contributed by atoms with E-state index in [0.29, 0.717) is 24.1 Å². The smallest absolute Gasteiger partial charge is 0.410 e. The van der Waals surface area contributed by atoms with Crippen molar-refractivity contribution in [2.45, 2.75) is 94.1 Å². The first-order valence-corrected chi connectivity index (χ1v) is 11.5. The quantitative estimate of drug-likeness (QED) is 0.727. The molecule has 3 heterocycles. The van der Waals surface area contributed by atoms with Crippen molar-refractivity contribution in [3.63, 3.8) is 0 Å². The van der Waals surface area contributed by atoms with E-state index in [1.165, 1.54) is 32.1 Å². The first-order chi connectivity index (χ1) is 13.7. The number of carbonyl (C=O) groups excluding carboxylic acids is 2. The number of hydrogen-bond donors (Lipinski definition) is 0. The molecule has 0 spiro atoms. The standard InChI is InChI=1S/C21H31N3O4S/c1-13-18(29-16-8-6-5-7-9-16)17(28-22-13)19(25)23-11-15-10-14(23)12-24(15)20(26)27-21(2,3)4/h14-16H,5-12H2,1-4H3/t14-,15+/m0/s1. The van der Waals surface area contributed by atoms with Crippen LogP contribution in [0.25, 0.3) is 0 Å². The fourth-order valence-corrected chi connectivity index (χ4v) is 5.92. The number of nitrogens with zero attached hydrogens (tertiary/aromatic N) is 3. The largest absolute Gasteiger partial charge is 0.444 e. The van der Waals surface area contributed by atoms with Crippen LogP contribution in [0.3, 0.4) is 0 Å². The van der Waals surface area contributed by atoms with E-state index in [1.807, 2.05) is 32.6 Å². The van der Waals surface area contributed by atoms with Gasteiger partial charge in [-0.25, -0.2) is 4.79 Å². The molecule has 1 aromatic heterocycles. The Morgan fingerprint density at radius 3 is 2.38 bits per heavy atom. The molecular weight excluding hydrogens is 390 g/mol. The third-order valence-electron chi connectivity index (χ3n) is 5.97. The van der Waals surface area contributed by atoms with E-state index in [4.69, 9.17) is 9.26 Å². The summed E-state index contributed by atoms with van der Waals surface area (Å²) in [5.41, 5.74) is 0.278. The molecule has 0 unspecified atom stereocenters. The number of likely N-dealkylation sites (tertiary alicyclic amines) is 2. The van der Waals surface area contributed by atoms with Crippen molar-refractivity contribution in [2.24, 2.45) is 0 Å². The summed E-state index contributed by atoms with van der Waals surface area (Å²) in [6, 6.07) is 0.0234. The third-order valence-corrected chi connectivity index (χ3v) is 7.49. The number of aryl methyl sites for hydroxylation is 1. The molecule has 2 bridgehead atoms. The van der Waals surface area contributed by atoms with E-state index < -0.39 is 5.60 Å². The predicted octanol–water partition coefficient (Wildman–Crippen LogP) is 4.24. The van der Waals surface area contributed by atoms with Crippen LogP contribution in [-0.2, 0) is 4.74 Å². The van der Waals surface area contributed by atoms with Crippen LogP contribution in [0, 0.1) is 6.92 Å². The van der Waals surface area contributed by atoms with Crippen molar-refractivity contribution in [1.82, 2.24) is 15.0 Å². The van der Waals surface area contributed by atoms with E-state index >= 15 is 0 Å². The molecule has 2 amide bonds. The van der Waals surface area contributed by atoms with Crippen LogP contribution in [0.2, 0.25) is 0 Å². The fourth-order valence-electron chi connectivity index (χ4n) is 4.58. The molecule has 1 saturated carbocycles. The topological polar surface area (TPSA) is 75.9 Å². The zero-order valence-electron chi connectivity index (χ0n) is 17.8. The molecule has 2 aliphatic heterocycles. The Morgan fingerprint density at radius 1 is 1.10 bits per heavy atom. The Balaban J connectivity index is 1.43. The first-order valence-electron chi connectivity index (χ1n) is 10.7. The van der Waals surface area contributed by atoms with Crippen molar-refractivity contribution in [2.75, 3.05) is 13.1 Å². The summed E-state index contributed by atoms with van der Waals surface area (Å²) in [4.78, 5) is 30.2. The molecular formula is C21H31N3O4S. The Kier molecular flexibility index (Phi) is 5.57. The number of hydrogen-bond acceptors (Lipinski definition) is 6. The van der Waals surface area contributed by atoms with Gasteiger partial charge in [0.15, 0.2) is 0 Å². The summed E-state index contributed by atoms with van der Waals surface area (Å²) >= 11 is 1.76. The molecule has 8 heteroatoms. The molecule has 0 N–H and O–H groups in total. The molecule has 2 saturated heterocycles. The third kappa shape index (κ3) is 4.27. The van der Waals surface area contributed by atoms with Gasteiger partial charge in [-0.2, -0.15) is 0 Å². The molecule has 3 aliphatic rings. The lowest BCUT2D eigenvalue weighted by Crippen LogP contribution is -2.51. The lowest BCUT2D eigenvalue weighted by Gasteiger charge is -2.34. The Labute approximate surface area is 176 Å².